The Morgan fingerprint density at radius 2 is 1.97 bits per heavy atom. The van der Waals surface area contributed by atoms with E-state index in [1.54, 1.807) is 43.4 Å². The first kappa shape index (κ1) is 21.4. The van der Waals surface area contributed by atoms with Gasteiger partial charge in [0.25, 0.3) is 5.91 Å². The van der Waals surface area contributed by atoms with Gasteiger partial charge in [0.1, 0.15) is 17.3 Å². The minimum atomic E-state index is -0.707. The Kier molecular flexibility index (Phi) is 7.06. The molecule has 1 aliphatic rings. The number of esters is 1. The molecule has 2 aromatic rings. The first-order chi connectivity index (χ1) is 14.5. The Labute approximate surface area is 174 Å². The van der Waals surface area contributed by atoms with Crippen LogP contribution in [0, 0.1) is 5.82 Å². The monoisotopic (exact) mass is 413 g/mol. The van der Waals surface area contributed by atoms with Crippen LogP contribution in [0.3, 0.4) is 0 Å². The summed E-state index contributed by atoms with van der Waals surface area (Å²) in [7, 11) is 3.16. The molecule has 1 amide bonds. The lowest BCUT2D eigenvalue weighted by Crippen LogP contribution is -2.34. The Hall–Kier alpha value is -3.35. The topological polar surface area (TPSA) is 65.1 Å². The number of amides is 1. The molecule has 1 aliphatic heterocycles. The Balaban J connectivity index is 1.64. The fourth-order valence-corrected chi connectivity index (χ4v) is 3.52. The van der Waals surface area contributed by atoms with Gasteiger partial charge < -0.3 is 19.1 Å². The van der Waals surface area contributed by atoms with E-state index in [4.69, 9.17) is 14.2 Å². The minimum Gasteiger partial charge on any atom is -0.497 e. The van der Waals surface area contributed by atoms with Crippen LogP contribution >= 0.6 is 0 Å². The van der Waals surface area contributed by atoms with E-state index in [1.165, 1.54) is 12.1 Å². The van der Waals surface area contributed by atoms with Gasteiger partial charge in [-0.15, -0.1) is 0 Å². The van der Waals surface area contributed by atoms with Crippen LogP contribution in [0.25, 0.3) is 6.08 Å². The van der Waals surface area contributed by atoms with E-state index in [0.29, 0.717) is 18.0 Å². The fraction of sp³-hybridized carbons (Fsp3) is 0.304. The number of nitrogens with zero attached hydrogens (tertiary/aromatic N) is 1. The zero-order valence-electron chi connectivity index (χ0n) is 17.0. The fourth-order valence-electron chi connectivity index (χ4n) is 3.52. The first-order valence-electron chi connectivity index (χ1n) is 9.64. The van der Waals surface area contributed by atoms with E-state index in [2.05, 4.69) is 0 Å². The summed E-state index contributed by atoms with van der Waals surface area (Å²) in [6.45, 7) is 0.176. The predicted molar refractivity (Wildman–Crippen MR) is 110 cm³/mol. The van der Waals surface area contributed by atoms with Gasteiger partial charge in [-0.1, -0.05) is 18.2 Å². The molecule has 0 spiro atoms. The molecule has 0 radical (unpaired) electrons. The molecule has 0 bridgehead atoms. The largest absolute Gasteiger partial charge is 0.497 e. The smallest absolute Gasteiger partial charge is 0.331 e. The van der Waals surface area contributed by atoms with Gasteiger partial charge in [0, 0.05) is 23.7 Å². The van der Waals surface area contributed by atoms with Crippen LogP contribution in [0.5, 0.6) is 11.5 Å². The Morgan fingerprint density at radius 1 is 1.17 bits per heavy atom. The number of carbonyl (C=O) groups excluding carboxylic acids is 2. The third-order valence-electron chi connectivity index (χ3n) is 5.01. The van der Waals surface area contributed by atoms with E-state index in [-0.39, 0.29) is 24.1 Å². The van der Waals surface area contributed by atoms with Crippen molar-refractivity contribution in [3.05, 3.63) is 65.5 Å². The number of hydrogen-bond acceptors (Lipinski definition) is 5. The van der Waals surface area contributed by atoms with Crippen LogP contribution in [-0.2, 0) is 14.3 Å². The number of methoxy groups -OCH3 is 2. The van der Waals surface area contributed by atoms with Gasteiger partial charge in [-0.3, -0.25) is 4.79 Å². The molecule has 158 valence electrons. The van der Waals surface area contributed by atoms with Crippen LogP contribution < -0.4 is 9.47 Å². The zero-order valence-corrected chi connectivity index (χ0v) is 17.0. The summed E-state index contributed by atoms with van der Waals surface area (Å²) in [4.78, 5) is 26.3. The maximum atomic E-state index is 13.6. The van der Waals surface area contributed by atoms with Crippen molar-refractivity contribution in [2.45, 2.75) is 18.9 Å². The average Bonchev–Trinajstić information content (AvgIpc) is 3.26. The highest BCUT2D eigenvalue weighted by Crippen LogP contribution is 2.38. The standard InChI is InChI=1S/C23H24FNO5/c1-28-17-10-11-21(29-2)18(14-17)20-8-5-13-25(20)22(26)15-30-23(27)12-9-16-6-3-4-7-19(16)24/h3-4,6-7,9-12,14,20H,5,8,13,15H2,1-2H3/b12-9+/t20-/m0/s1. The highest BCUT2D eigenvalue weighted by molar-refractivity contribution is 5.89. The van der Waals surface area contributed by atoms with Crippen molar-refractivity contribution < 1.29 is 28.2 Å². The quantitative estimate of drug-likeness (QED) is 0.511. The average molecular weight is 413 g/mol. The molecule has 0 aromatic heterocycles. The molecule has 7 heteroatoms. The zero-order chi connectivity index (χ0) is 21.5. The van der Waals surface area contributed by atoms with Gasteiger partial charge in [0.2, 0.25) is 0 Å². The van der Waals surface area contributed by atoms with Gasteiger partial charge >= 0.3 is 5.97 Å². The second kappa shape index (κ2) is 9.91. The lowest BCUT2D eigenvalue weighted by atomic mass is 10.0. The molecule has 2 aromatic carbocycles. The molecule has 30 heavy (non-hydrogen) atoms. The van der Waals surface area contributed by atoms with Crippen molar-refractivity contribution in [1.82, 2.24) is 4.90 Å². The van der Waals surface area contributed by atoms with Gasteiger partial charge in [0.05, 0.1) is 20.3 Å². The molecular weight excluding hydrogens is 389 g/mol. The SMILES string of the molecule is COc1ccc(OC)c([C@@H]2CCCN2C(=O)COC(=O)/C=C/c2ccccc2F)c1. The number of likely N-dealkylation sites (tertiary alicyclic amines) is 1. The lowest BCUT2D eigenvalue weighted by Gasteiger charge is -2.26. The number of benzene rings is 2. The summed E-state index contributed by atoms with van der Waals surface area (Å²) in [6, 6.07) is 11.4. The van der Waals surface area contributed by atoms with E-state index >= 15 is 0 Å². The summed E-state index contributed by atoms with van der Waals surface area (Å²) < 4.78 is 29.4. The molecule has 0 aliphatic carbocycles. The van der Waals surface area contributed by atoms with Crippen LogP contribution in [0.4, 0.5) is 4.39 Å². The van der Waals surface area contributed by atoms with Crippen molar-refractivity contribution in [2.75, 3.05) is 27.4 Å². The van der Waals surface area contributed by atoms with Crippen LogP contribution in [-0.4, -0.2) is 44.1 Å². The molecule has 1 saturated heterocycles. The molecule has 1 atom stereocenters. The number of rotatable bonds is 7. The van der Waals surface area contributed by atoms with E-state index in [1.807, 2.05) is 12.1 Å². The molecule has 0 N–H and O–H groups in total. The third kappa shape index (κ3) is 4.97. The summed E-state index contributed by atoms with van der Waals surface area (Å²) in [5.74, 6) is -0.0961. The second-order valence-electron chi connectivity index (χ2n) is 6.82. The number of halogens is 1. The number of hydrogen-bond donors (Lipinski definition) is 0. The van der Waals surface area contributed by atoms with Crippen molar-refractivity contribution in [3.8, 4) is 11.5 Å². The van der Waals surface area contributed by atoms with Crippen molar-refractivity contribution >= 4 is 18.0 Å². The Bertz CT molecular complexity index is 943. The van der Waals surface area contributed by atoms with Gasteiger partial charge in [-0.2, -0.15) is 0 Å². The van der Waals surface area contributed by atoms with E-state index < -0.39 is 11.8 Å². The normalized spacial score (nSPS) is 16.0. The van der Waals surface area contributed by atoms with E-state index in [0.717, 1.165) is 24.5 Å². The summed E-state index contributed by atoms with van der Waals surface area (Å²) in [5, 5.41) is 0. The van der Waals surface area contributed by atoms with Crippen LogP contribution in [0.15, 0.2) is 48.5 Å². The van der Waals surface area contributed by atoms with Crippen LogP contribution in [0.1, 0.15) is 30.0 Å². The molecule has 0 unspecified atom stereocenters. The number of ether oxygens (including phenoxy) is 3. The lowest BCUT2D eigenvalue weighted by molar-refractivity contribution is -0.148. The summed E-state index contributed by atoms with van der Waals surface area (Å²) in [5.41, 5.74) is 1.12. The summed E-state index contributed by atoms with van der Waals surface area (Å²) in [6.07, 6.45) is 4.04. The highest BCUT2D eigenvalue weighted by atomic mass is 19.1. The highest BCUT2D eigenvalue weighted by Gasteiger charge is 2.32. The molecule has 6 nitrogen and oxygen atoms in total. The van der Waals surface area contributed by atoms with Crippen molar-refractivity contribution in [1.29, 1.82) is 0 Å². The molecule has 1 heterocycles. The van der Waals surface area contributed by atoms with Gasteiger partial charge in [0.15, 0.2) is 6.61 Å². The molecule has 1 fully saturated rings. The maximum absolute atomic E-state index is 13.6. The number of carbonyl (C=O) groups is 2. The predicted octanol–water partition coefficient (Wildman–Crippen LogP) is 3.76. The van der Waals surface area contributed by atoms with Crippen LogP contribution in [0.2, 0.25) is 0 Å². The maximum Gasteiger partial charge on any atom is 0.331 e. The summed E-state index contributed by atoms with van der Waals surface area (Å²) >= 11 is 0. The van der Waals surface area contributed by atoms with Crippen molar-refractivity contribution in [2.24, 2.45) is 0 Å². The second-order valence-corrected chi connectivity index (χ2v) is 6.82. The van der Waals surface area contributed by atoms with E-state index in [9.17, 15) is 14.0 Å². The van der Waals surface area contributed by atoms with Gasteiger partial charge in [-0.25, -0.2) is 9.18 Å². The first-order valence-corrected chi connectivity index (χ1v) is 9.64. The van der Waals surface area contributed by atoms with Crippen molar-refractivity contribution in [3.63, 3.8) is 0 Å². The Morgan fingerprint density at radius 3 is 2.70 bits per heavy atom. The molecule has 0 saturated carbocycles. The van der Waals surface area contributed by atoms with Gasteiger partial charge in [-0.05, 0) is 43.2 Å². The molecule has 3 rings (SSSR count). The molecular formula is C23H24FNO5. The minimum absolute atomic E-state index is 0.185. The third-order valence-corrected chi connectivity index (χ3v) is 5.01.